The summed E-state index contributed by atoms with van der Waals surface area (Å²) in [5.74, 6) is 0.854. The van der Waals surface area contributed by atoms with Gasteiger partial charge in [-0.25, -0.2) is 8.42 Å². The molecule has 0 aliphatic carbocycles. The molecule has 0 saturated carbocycles. The maximum Gasteiger partial charge on any atom is 0.265 e. The van der Waals surface area contributed by atoms with Gasteiger partial charge in [-0.05, 0) is 75.2 Å². The van der Waals surface area contributed by atoms with Crippen LogP contribution in [0.25, 0.3) is 0 Å². The number of carbonyl (C=O) groups excluding carboxylic acids is 1. The van der Waals surface area contributed by atoms with Gasteiger partial charge in [-0.1, -0.05) is 6.07 Å². The highest BCUT2D eigenvalue weighted by atomic mass is 32.2. The molecule has 2 fully saturated rings. The summed E-state index contributed by atoms with van der Waals surface area (Å²) in [7, 11) is -1.00. The molecule has 2 saturated heterocycles. The second kappa shape index (κ2) is 11.1. The molecule has 3 heterocycles. The van der Waals surface area contributed by atoms with Gasteiger partial charge in [0, 0.05) is 63.7 Å². The predicted molar refractivity (Wildman–Crippen MR) is 152 cm³/mol. The number of rotatable bonds is 6. The van der Waals surface area contributed by atoms with Gasteiger partial charge in [0.05, 0.1) is 11.4 Å². The molecule has 0 bridgehead atoms. The monoisotopic (exact) mass is 541 g/mol. The number of amides is 1. The zero-order chi connectivity index (χ0) is 26.9. The Kier molecular flexibility index (Phi) is 7.83. The maximum atomic E-state index is 13.2. The molecule has 3 aliphatic rings. The van der Waals surface area contributed by atoms with Gasteiger partial charge in [0.15, 0.2) is 6.10 Å². The summed E-state index contributed by atoms with van der Waals surface area (Å²) < 4.78 is 32.2. The van der Waals surface area contributed by atoms with Crippen molar-refractivity contribution in [2.75, 3.05) is 80.3 Å². The second-order valence-electron chi connectivity index (χ2n) is 10.5. The molecule has 0 aromatic heterocycles. The normalized spacial score (nSPS) is 21.1. The van der Waals surface area contributed by atoms with Crippen LogP contribution in [0.15, 0.2) is 36.4 Å². The Morgan fingerprint density at radius 2 is 1.63 bits per heavy atom. The first-order chi connectivity index (χ1) is 18.2. The van der Waals surface area contributed by atoms with Gasteiger partial charge in [0.1, 0.15) is 5.75 Å². The molecule has 10 heteroatoms. The number of ether oxygens (including phenoxy) is 1. The lowest BCUT2D eigenvalue weighted by atomic mass is 9.98. The van der Waals surface area contributed by atoms with E-state index in [1.807, 2.05) is 24.3 Å². The summed E-state index contributed by atoms with van der Waals surface area (Å²) >= 11 is 0. The smallest absolute Gasteiger partial charge is 0.265 e. The van der Waals surface area contributed by atoms with Crippen LogP contribution in [0.5, 0.6) is 5.75 Å². The van der Waals surface area contributed by atoms with Crippen LogP contribution in [0.3, 0.4) is 0 Å². The van der Waals surface area contributed by atoms with Gasteiger partial charge in [0.25, 0.3) is 5.91 Å². The van der Waals surface area contributed by atoms with E-state index < -0.39 is 16.1 Å². The fourth-order valence-corrected chi connectivity index (χ4v) is 6.57. The number of aryl methyl sites for hydroxylation is 2. The van der Waals surface area contributed by atoms with Crippen molar-refractivity contribution in [2.24, 2.45) is 0 Å². The Balaban J connectivity index is 1.21. The van der Waals surface area contributed by atoms with E-state index in [2.05, 4.69) is 46.1 Å². The molecular formula is C28H39N5O4S. The van der Waals surface area contributed by atoms with E-state index in [9.17, 15) is 13.2 Å². The summed E-state index contributed by atoms with van der Waals surface area (Å²) in [6, 6.07) is 12.1. The molecule has 1 atom stereocenters. The summed E-state index contributed by atoms with van der Waals surface area (Å²) in [6.07, 6.45) is 0.923. The van der Waals surface area contributed by atoms with Crippen molar-refractivity contribution in [3.05, 3.63) is 47.5 Å². The minimum atomic E-state index is -3.15. The fourth-order valence-electron chi connectivity index (χ4n) is 5.49. The summed E-state index contributed by atoms with van der Waals surface area (Å²) in [5, 5.41) is 3.03. The van der Waals surface area contributed by atoms with Crippen molar-refractivity contribution < 1.29 is 17.9 Å². The van der Waals surface area contributed by atoms with Crippen molar-refractivity contribution in [1.82, 2.24) is 9.21 Å². The fraction of sp³-hybridized carbons (Fsp3) is 0.536. The number of hydrogen-bond donors (Lipinski definition) is 1. The van der Waals surface area contributed by atoms with Crippen LogP contribution in [0.4, 0.5) is 17.1 Å². The molecule has 1 amide bonds. The first kappa shape index (κ1) is 26.8. The molecular weight excluding hydrogens is 502 g/mol. The second-order valence-corrected chi connectivity index (χ2v) is 12.8. The Morgan fingerprint density at radius 3 is 2.29 bits per heavy atom. The van der Waals surface area contributed by atoms with Gasteiger partial charge < -0.3 is 24.8 Å². The molecule has 38 heavy (non-hydrogen) atoms. The molecule has 0 spiro atoms. The highest BCUT2D eigenvalue weighted by molar-refractivity contribution is 7.89. The standard InChI is InChI=1S/C28H39N5O4S/c1-4-38(35,36)33-17-15-31(16-18-33)24-8-6-23(7-9-24)29-28(34)26-10-5-22-19-21(2)20-25(27(22)37-26)32-13-11-30(3)12-14-32/h6-9,19-20,26H,4-5,10-18H2,1-3H3,(H,29,34). The maximum absolute atomic E-state index is 13.2. The Hall–Kier alpha value is -2.82. The molecule has 2 aromatic rings. The van der Waals surface area contributed by atoms with E-state index in [1.165, 1.54) is 11.1 Å². The molecule has 1 N–H and O–H groups in total. The minimum absolute atomic E-state index is 0.133. The number of likely N-dealkylation sites (N-methyl/N-ethyl adjacent to an activating group) is 1. The van der Waals surface area contributed by atoms with E-state index in [0.717, 1.165) is 55.4 Å². The van der Waals surface area contributed by atoms with Gasteiger partial charge in [-0.15, -0.1) is 0 Å². The molecule has 3 aliphatic heterocycles. The average Bonchev–Trinajstić information content (AvgIpc) is 2.93. The van der Waals surface area contributed by atoms with E-state index in [4.69, 9.17) is 4.74 Å². The van der Waals surface area contributed by atoms with Crippen LogP contribution in [-0.2, 0) is 21.2 Å². The third-order valence-electron chi connectivity index (χ3n) is 7.86. The van der Waals surface area contributed by atoms with E-state index in [1.54, 1.807) is 11.2 Å². The molecule has 2 aromatic carbocycles. The topological polar surface area (TPSA) is 85.4 Å². The lowest BCUT2D eigenvalue weighted by molar-refractivity contribution is -0.123. The Morgan fingerprint density at radius 1 is 0.974 bits per heavy atom. The van der Waals surface area contributed by atoms with Gasteiger partial charge in [-0.3, -0.25) is 4.79 Å². The third kappa shape index (κ3) is 5.77. The third-order valence-corrected chi connectivity index (χ3v) is 9.74. The predicted octanol–water partition coefficient (Wildman–Crippen LogP) is 2.55. The molecule has 0 radical (unpaired) electrons. The summed E-state index contributed by atoms with van der Waals surface area (Å²) in [6.45, 7) is 9.99. The van der Waals surface area contributed by atoms with Crippen LogP contribution in [0, 0.1) is 6.92 Å². The van der Waals surface area contributed by atoms with Crippen LogP contribution in [0.1, 0.15) is 24.5 Å². The lowest BCUT2D eigenvalue weighted by Gasteiger charge is -2.37. The highest BCUT2D eigenvalue weighted by Gasteiger charge is 2.30. The number of anilines is 3. The minimum Gasteiger partial charge on any atom is -0.478 e. The number of sulfonamides is 1. The molecule has 5 rings (SSSR count). The SMILES string of the molecule is CCS(=O)(=O)N1CCN(c2ccc(NC(=O)C3CCc4cc(C)cc(N5CCN(C)CC5)c4O3)cc2)CC1. The quantitative estimate of drug-likeness (QED) is 0.602. The average molecular weight is 542 g/mol. The van der Waals surface area contributed by atoms with Crippen molar-refractivity contribution in [2.45, 2.75) is 32.8 Å². The van der Waals surface area contributed by atoms with Gasteiger partial charge in [0.2, 0.25) is 10.0 Å². The molecule has 206 valence electrons. The van der Waals surface area contributed by atoms with E-state index >= 15 is 0 Å². The van der Waals surface area contributed by atoms with Crippen LogP contribution >= 0.6 is 0 Å². The first-order valence-corrected chi connectivity index (χ1v) is 15.2. The number of carbonyl (C=O) groups is 1. The molecule has 9 nitrogen and oxygen atoms in total. The van der Waals surface area contributed by atoms with E-state index in [-0.39, 0.29) is 11.7 Å². The van der Waals surface area contributed by atoms with Crippen LogP contribution < -0.4 is 19.9 Å². The van der Waals surface area contributed by atoms with Crippen molar-refractivity contribution in [1.29, 1.82) is 0 Å². The van der Waals surface area contributed by atoms with Gasteiger partial charge >= 0.3 is 0 Å². The first-order valence-electron chi connectivity index (χ1n) is 13.6. The number of hydrogen-bond acceptors (Lipinski definition) is 7. The zero-order valence-electron chi connectivity index (χ0n) is 22.6. The highest BCUT2D eigenvalue weighted by Crippen LogP contribution is 2.39. The summed E-state index contributed by atoms with van der Waals surface area (Å²) in [5.41, 5.74) is 5.24. The molecule has 1 unspecified atom stereocenters. The van der Waals surface area contributed by atoms with Crippen molar-refractivity contribution in [3.8, 4) is 5.75 Å². The van der Waals surface area contributed by atoms with Gasteiger partial charge in [-0.2, -0.15) is 4.31 Å². The van der Waals surface area contributed by atoms with Crippen molar-refractivity contribution in [3.63, 3.8) is 0 Å². The Labute approximate surface area is 226 Å². The lowest BCUT2D eigenvalue weighted by Crippen LogP contribution is -2.49. The van der Waals surface area contributed by atoms with E-state index in [0.29, 0.717) is 32.6 Å². The van der Waals surface area contributed by atoms with Crippen LogP contribution in [-0.4, -0.2) is 94.8 Å². The van der Waals surface area contributed by atoms with Crippen LogP contribution in [0.2, 0.25) is 0 Å². The number of nitrogens with zero attached hydrogens (tertiary/aromatic N) is 4. The zero-order valence-corrected chi connectivity index (χ0v) is 23.5. The Bertz CT molecular complexity index is 1250. The van der Waals surface area contributed by atoms with Crippen molar-refractivity contribution >= 4 is 33.0 Å². The number of fused-ring (bicyclic) bond motifs is 1. The number of piperazine rings is 2. The largest absolute Gasteiger partial charge is 0.478 e. The number of benzene rings is 2. The number of nitrogens with one attached hydrogen (secondary N) is 1. The summed E-state index contributed by atoms with van der Waals surface area (Å²) in [4.78, 5) is 20.1.